The highest BCUT2D eigenvalue weighted by Gasteiger charge is 2.68. The van der Waals surface area contributed by atoms with Gasteiger partial charge < -0.3 is 15.7 Å². The zero-order chi connectivity index (χ0) is 11.4. The van der Waals surface area contributed by atoms with Crippen LogP contribution < -0.4 is 5.73 Å². The van der Waals surface area contributed by atoms with Crippen molar-refractivity contribution in [1.29, 1.82) is 0 Å². The van der Waals surface area contributed by atoms with E-state index in [2.05, 4.69) is 0 Å². The molecule has 3 fully saturated rings. The van der Waals surface area contributed by atoms with Crippen LogP contribution in [0.2, 0.25) is 0 Å². The summed E-state index contributed by atoms with van der Waals surface area (Å²) in [6, 6.07) is 0. The second-order valence-electron chi connectivity index (χ2n) is 5.79. The quantitative estimate of drug-likeness (QED) is 0.706. The highest BCUT2D eigenvalue weighted by atomic mass is 16.3. The lowest BCUT2D eigenvalue weighted by Crippen LogP contribution is -2.51. The second kappa shape index (κ2) is 3.20. The average molecular weight is 224 g/mol. The molecule has 3 rings (SSSR count). The van der Waals surface area contributed by atoms with Gasteiger partial charge >= 0.3 is 0 Å². The molecule has 1 atom stereocenters. The number of amides is 1. The predicted octanol–water partition coefficient (Wildman–Crippen LogP) is 0.241. The minimum Gasteiger partial charge on any atom is -0.391 e. The maximum Gasteiger partial charge on any atom is 0.230 e. The first kappa shape index (κ1) is 10.5. The Morgan fingerprint density at radius 3 is 2.50 bits per heavy atom. The van der Waals surface area contributed by atoms with E-state index < -0.39 is 0 Å². The molecule has 3 aliphatic rings. The number of hydrogen-bond acceptors (Lipinski definition) is 3. The van der Waals surface area contributed by atoms with Crippen molar-refractivity contribution in [2.24, 2.45) is 11.1 Å². The fourth-order valence-electron chi connectivity index (χ4n) is 3.10. The van der Waals surface area contributed by atoms with E-state index in [-0.39, 0.29) is 23.0 Å². The summed E-state index contributed by atoms with van der Waals surface area (Å²) in [7, 11) is 0. The summed E-state index contributed by atoms with van der Waals surface area (Å²) in [5.74, 6) is 0.214. The molecule has 1 heterocycles. The summed E-state index contributed by atoms with van der Waals surface area (Å²) >= 11 is 0. The van der Waals surface area contributed by atoms with Gasteiger partial charge in [0.15, 0.2) is 0 Å². The molecule has 0 aromatic rings. The Labute approximate surface area is 95.8 Å². The lowest BCUT2D eigenvalue weighted by molar-refractivity contribution is -0.141. The van der Waals surface area contributed by atoms with Crippen molar-refractivity contribution >= 4 is 5.91 Å². The van der Waals surface area contributed by atoms with Gasteiger partial charge in [0.1, 0.15) is 0 Å². The third-order valence-electron chi connectivity index (χ3n) is 4.58. The van der Waals surface area contributed by atoms with Crippen LogP contribution in [-0.4, -0.2) is 40.6 Å². The molecule has 2 aliphatic carbocycles. The summed E-state index contributed by atoms with van der Waals surface area (Å²) in [5.41, 5.74) is 5.77. The molecule has 90 valence electrons. The number of aliphatic hydroxyl groups excluding tert-OH is 1. The van der Waals surface area contributed by atoms with Crippen LogP contribution in [0.25, 0.3) is 0 Å². The minimum absolute atomic E-state index is 0.202. The second-order valence-corrected chi connectivity index (χ2v) is 5.79. The van der Waals surface area contributed by atoms with Gasteiger partial charge in [-0.2, -0.15) is 0 Å². The Balaban J connectivity index is 1.73. The van der Waals surface area contributed by atoms with Crippen LogP contribution in [0.4, 0.5) is 0 Å². The Morgan fingerprint density at radius 1 is 1.31 bits per heavy atom. The molecule has 4 nitrogen and oxygen atoms in total. The standard InChI is InChI=1S/C12H20N2O2/c13-12(5-6-12)11(3-4-11)10(16)14-7-1-2-9(15)8-14/h9,15H,1-8,13H2. The topological polar surface area (TPSA) is 66.6 Å². The zero-order valence-corrected chi connectivity index (χ0v) is 9.61. The number of piperidine rings is 1. The van der Waals surface area contributed by atoms with Gasteiger partial charge in [-0.05, 0) is 38.5 Å². The Hall–Kier alpha value is -0.610. The molecular weight excluding hydrogens is 204 g/mol. The SMILES string of the molecule is NC1(C2(C(=O)N3CCCC(O)C3)CC2)CC1. The summed E-state index contributed by atoms with van der Waals surface area (Å²) in [5, 5.41) is 9.61. The van der Waals surface area contributed by atoms with Gasteiger partial charge in [-0.25, -0.2) is 0 Å². The smallest absolute Gasteiger partial charge is 0.230 e. The molecule has 0 aromatic carbocycles. The van der Waals surface area contributed by atoms with Crippen LogP contribution in [0, 0.1) is 5.41 Å². The van der Waals surface area contributed by atoms with Gasteiger partial charge in [0.05, 0.1) is 11.5 Å². The number of β-amino-alcohol motifs (C(OH)–C–C–N with tert-alkyl or cyclic N) is 1. The van der Waals surface area contributed by atoms with Crippen molar-refractivity contribution < 1.29 is 9.90 Å². The highest BCUT2D eigenvalue weighted by Crippen LogP contribution is 2.63. The van der Waals surface area contributed by atoms with E-state index >= 15 is 0 Å². The number of nitrogens with two attached hydrogens (primary N) is 1. The van der Waals surface area contributed by atoms with Gasteiger partial charge in [0.25, 0.3) is 0 Å². The van der Waals surface area contributed by atoms with Crippen LogP contribution in [0.15, 0.2) is 0 Å². The van der Waals surface area contributed by atoms with Crippen molar-refractivity contribution in [2.75, 3.05) is 13.1 Å². The normalized spacial score (nSPS) is 34.6. The lowest BCUT2D eigenvalue weighted by atomic mass is 9.91. The maximum absolute atomic E-state index is 12.4. The van der Waals surface area contributed by atoms with E-state index in [1.54, 1.807) is 0 Å². The molecule has 1 amide bonds. The van der Waals surface area contributed by atoms with Crippen molar-refractivity contribution in [3.8, 4) is 0 Å². The summed E-state index contributed by atoms with van der Waals surface area (Å²) < 4.78 is 0. The molecule has 3 N–H and O–H groups in total. The molecule has 4 heteroatoms. The maximum atomic E-state index is 12.4. The molecule has 2 saturated carbocycles. The van der Waals surface area contributed by atoms with Gasteiger partial charge in [-0.1, -0.05) is 0 Å². The predicted molar refractivity (Wildman–Crippen MR) is 59.6 cm³/mol. The fraction of sp³-hybridized carbons (Fsp3) is 0.917. The number of rotatable bonds is 2. The van der Waals surface area contributed by atoms with Gasteiger partial charge in [0, 0.05) is 18.6 Å². The molecule has 0 bridgehead atoms. The molecule has 1 saturated heterocycles. The summed E-state index contributed by atoms with van der Waals surface area (Å²) in [6.07, 6.45) is 5.31. The van der Waals surface area contributed by atoms with Crippen molar-refractivity contribution in [3.63, 3.8) is 0 Å². The first-order valence-corrected chi connectivity index (χ1v) is 6.34. The van der Waals surface area contributed by atoms with E-state index in [0.29, 0.717) is 6.54 Å². The first-order chi connectivity index (χ1) is 7.57. The molecule has 0 aromatic heterocycles. The molecular formula is C12H20N2O2. The Bertz CT molecular complexity index is 321. The number of likely N-dealkylation sites (tertiary alicyclic amines) is 1. The number of carbonyl (C=O) groups excluding carboxylic acids is 1. The average Bonchev–Trinajstić information content (AvgIpc) is 3.12. The fourth-order valence-corrected chi connectivity index (χ4v) is 3.10. The highest BCUT2D eigenvalue weighted by molar-refractivity contribution is 5.88. The molecule has 1 aliphatic heterocycles. The summed E-state index contributed by atoms with van der Waals surface area (Å²) in [6.45, 7) is 1.31. The van der Waals surface area contributed by atoms with Gasteiger partial charge in [-0.3, -0.25) is 4.79 Å². The van der Waals surface area contributed by atoms with Crippen LogP contribution >= 0.6 is 0 Å². The third kappa shape index (κ3) is 1.39. The Morgan fingerprint density at radius 2 is 2.00 bits per heavy atom. The van der Waals surface area contributed by atoms with E-state index in [9.17, 15) is 9.90 Å². The van der Waals surface area contributed by atoms with Crippen molar-refractivity contribution in [1.82, 2.24) is 4.90 Å². The van der Waals surface area contributed by atoms with Crippen molar-refractivity contribution in [2.45, 2.75) is 50.2 Å². The monoisotopic (exact) mass is 224 g/mol. The van der Waals surface area contributed by atoms with Crippen molar-refractivity contribution in [3.05, 3.63) is 0 Å². The largest absolute Gasteiger partial charge is 0.391 e. The van der Waals surface area contributed by atoms with Gasteiger partial charge in [0.2, 0.25) is 5.91 Å². The molecule has 1 unspecified atom stereocenters. The zero-order valence-electron chi connectivity index (χ0n) is 9.61. The minimum atomic E-state index is -0.332. The van der Waals surface area contributed by atoms with Gasteiger partial charge in [-0.15, -0.1) is 0 Å². The number of carbonyl (C=O) groups is 1. The lowest BCUT2D eigenvalue weighted by Gasteiger charge is -2.35. The third-order valence-corrected chi connectivity index (χ3v) is 4.58. The van der Waals surface area contributed by atoms with Crippen LogP contribution in [0.1, 0.15) is 38.5 Å². The number of hydrogen-bond donors (Lipinski definition) is 2. The number of nitrogens with zero attached hydrogens (tertiary/aromatic N) is 1. The molecule has 0 spiro atoms. The van der Waals surface area contributed by atoms with E-state index in [1.807, 2.05) is 4.90 Å². The van der Waals surface area contributed by atoms with E-state index in [0.717, 1.165) is 45.1 Å². The van der Waals surface area contributed by atoms with Crippen LogP contribution in [0.3, 0.4) is 0 Å². The van der Waals surface area contributed by atoms with E-state index in [4.69, 9.17) is 5.73 Å². The van der Waals surface area contributed by atoms with Crippen LogP contribution in [0.5, 0.6) is 0 Å². The van der Waals surface area contributed by atoms with E-state index in [1.165, 1.54) is 0 Å². The summed E-state index contributed by atoms with van der Waals surface area (Å²) in [4.78, 5) is 14.3. The Kier molecular flexibility index (Phi) is 2.11. The number of aliphatic hydroxyl groups is 1. The molecule has 16 heavy (non-hydrogen) atoms. The first-order valence-electron chi connectivity index (χ1n) is 6.34. The molecule has 0 radical (unpaired) electrons. The van der Waals surface area contributed by atoms with Crippen LogP contribution in [-0.2, 0) is 4.79 Å².